The first-order chi connectivity index (χ1) is 10.6. The number of anilines is 1. The monoisotopic (exact) mass is 304 g/mol. The van der Waals surface area contributed by atoms with Gasteiger partial charge in [-0.05, 0) is 37.1 Å². The predicted molar refractivity (Wildman–Crippen MR) is 81.4 cm³/mol. The van der Waals surface area contributed by atoms with Crippen molar-refractivity contribution >= 4 is 23.5 Å². The van der Waals surface area contributed by atoms with Crippen LogP contribution in [0.3, 0.4) is 0 Å². The molecule has 1 heterocycles. The van der Waals surface area contributed by atoms with Crippen LogP contribution in [0.15, 0.2) is 24.3 Å². The van der Waals surface area contributed by atoms with Crippen molar-refractivity contribution in [2.24, 2.45) is 0 Å². The van der Waals surface area contributed by atoms with Gasteiger partial charge in [0.1, 0.15) is 6.04 Å². The van der Waals surface area contributed by atoms with Gasteiger partial charge in [0, 0.05) is 18.7 Å². The molecule has 0 spiro atoms. The summed E-state index contributed by atoms with van der Waals surface area (Å²) in [7, 11) is 1.32. The molecule has 1 aromatic carbocycles. The lowest BCUT2D eigenvalue weighted by atomic mass is 10.1. The third-order valence-corrected chi connectivity index (χ3v) is 3.75. The van der Waals surface area contributed by atoms with E-state index < -0.39 is 12.0 Å². The van der Waals surface area contributed by atoms with Crippen molar-refractivity contribution < 1.29 is 19.1 Å². The first-order valence-electron chi connectivity index (χ1n) is 7.35. The second-order valence-corrected chi connectivity index (χ2v) is 5.17. The van der Waals surface area contributed by atoms with E-state index in [0.717, 1.165) is 6.42 Å². The van der Waals surface area contributed by atoms with Gasteiger partial charge in [0.2, 0.25) is 11.8 Å². The Kier molecular flexibility index (Phi) is 5.14. The van der Waals surface area contributed by atoms with Crippen LogP contribution in [-0.2, 0) is 14.3 Å². The lowest BCUT2D eigenvalue weighted by Crippen LogP contribution is -2.44. The van der Waals surface area contributed by atoms with E-state index in [0.29, 0.717) is 30.6 Å². The number of carbonyl (C=O) groups is 3. The molecule has 1 fully saturated rings. The number of hydrogen-bond donors (Lipinski definition) is 1. The van der Waals surface area contributed by atoms with Crippen molar-refractivity contribution in [3.05, 3.63) is 29.8 Å². The fourth-order valence-electron chi connectivity index (χ4n) is 2.58. The smallest absolute Gasteiger partial charge is 0.337 e. The van der Waals surface area contributed by atoms with E-state index in [2.05, 4.69) is 10.1 Å². The van der Waals surface area contributed by atoms with E-state index in [1.807, 2.05) is 6.92 Å². The highest BCUT2D eigenvalue weighted by atomic mass is 16.5. The fraction of sp³-hybridized carbons (Fsp3) is 0.438. The molecule has 1 aromatic rings. The summed E-state index contributed by atoms with van der Waals surface area (Å²) in [6.07, 6.45) is 1.88. The molecule has 1 unspecified atom stereocenters. The highest BCUT2D eigenvalue weighted by Gasteiger charge is 2.31. The van der Waals surface area contributed by atoms with E-state index in [9.17, 15) is 14.4 Å². The van der Waals surface area contributed by atoms with Crippen LogP contribution in [0, 0.1) is 0 Å². The number of amides is 2. The molecule has 1 atom stereocenters. The average Bonchev–Trinajstić information content (AvgIpc) is 2.94. The SMILES string of the molecule is CCC(C(=O)Nc1ccc(C(=O)OC)cc1)N1CCCC1=O. The summed E-state index contributed by atoms with van der Waals surface area (Å²) in [5.74, 6) is -0.599. The number of esters is 1. The van der Waals surface area contributed by atoms with Crippen molar-refractivity contribution in [1.82, 2.24) is 4.90 Å². The zero-order valence-corrected chi connectivity index (χ0v) is 12.8. The van der Waals surface area contributed by atoms with Crippen LogP contribution in [0.1, 0.15) is 36.5 Å². The number of rotatable bonds is 5. The summed E-state index contributed by atoms with van der Waals surface area (Å²) >= 11 is 0. The van der Waals surface area contributed by atoms with Crippen molar-refractivity contribution in [3.63, 3.8) is 0 Å². The molecule has 0 radical (unpaired) electrons. The molecular formula is C16H20N2O4. The van der Waals surface area contributed by atoms with Crippen molar-refractivity contribution in [2.75, 3.05) is 19.0 Å². The van der Waals surface area contributed by atoms with Crippen molar-refractivity contribution in [1.29, 1.82) is 0 Å². The molecule has 2 amide bonds. The first kappa shape index (κ1) is 16.0. The van der Waals surface area contributed by atoms with Crippen molar-refractivity contribution in [2.45, 2.75) is 32.2 Å². The number of carbonyl (C=O) groups excluding carboxylic acids is 3. The Hall–Kier alpha value is -2.37. The van der Waals surface area contributed by atoms with Gasteiger partial charge in [-0.25, -0.2) is 4.79 Å². The Morgan fingerprint density at radius 2 is 2.00 bits per heavy atom. The zero-order valence-electron chi connectivity index (χ0n) is 12.8. The summed E-state index contributed by atoms with van der Waals surface area (Å²) in [5, 5.41) is 2.79. The van der Waals surface area contributed by atoms with Crippen LogP contribution in [-0.4, -0.2) is 42.4 Å². The van der Waals surface area contributed by atoms with Gasteiger partial charge in [0.15, 0.2) is 0 Å². The summed E-state index contributed by atoms with van der Waals surface area (Å²) < 4.78 is 4.62. The third-order valence-electron chi connectivity index (χ3n) is 3.75. The molecular weight excluding hydrogens is 284 g/mol. The van der Waals surface area contributed by atoms with E-state index in [1.165, 1.54) is 7.11 Å². The Morgan fingerprint density at radius 3 is 2.50 bits per heavy atom. The molecule has 1 aliphatic heterocycles. The normalized spacial score (nSPS) is 15.5. The number of hydrogen-bond acceptors (Lipinski definition) is 4. The largest absolute Gasteiger partial charge is 0.465 e. The highest BCUT2D eigenvalue weighted by Crippen LogP contribution is 2.18. The number of nitrogens with one attached hydrogen (secondary N) is 1. The van der Waals surface area contributed by atoms with Crippen LogP contribution >= 0.6 is 0 Å². The topological polar surface area (TPSA) is 75.7 Å². The van der Waals surface area contributed by atoms with Gasteiger partial charge in [-0.15, -0.1) is 0 Å². The quantitative estimate of drug-likeness (QED) is 0.842. The molecule has 118 valence electrons. The van der Waals surface area contributed by atoms with Crippen LogP contribution in [0.2, 0.25) is 0 Å². The minimum atomic E-state index is -0.449. The van der Waals surface area contributed by atoms with Gasteiger partial charge >= 0.3 is 5.97 Å². The van der Waals surface area contributed by atoms with Gasteiger partial charge in [0.25, 0.3) is 0 Å². The standard InChI is InChI=1S/C16H20N2O4/c1-3-13(18-10-4-5-14(18)19)15(20)17-12-8-6-11(7-9-12)16(21)22-2/h6-9,13H,3-5,10H2,1-2H3,(H,17,20). The van der Waals surface area contributed by atoms with Gasteiger partial charge in [-0.2, -0.15) is 0 Å². The molecule has 1 N–H and O–H groups in total. The minimum absolute atomic E-state index is 0.0306. The number of benzene rings is 1. The number of ether oxygens (including phenoxy) is 1. The fourth-order valence-corrected chi connectivity index (χ4v) is 2.58. The number of nitrogens with zero attached hydrogens (tertiary/aromatic N) is 1. The number of methoxy groups -OCH3 is 1. The van der Waals surface area contributed by atoms with Crippen LogP contribution in [0.5, 0.6) is 0 Å². The molecule has 6 heteroatoms. The predicted octanol–water partition coefficient (Wildman–Crippen LogP) is 1.81. The summed E-state index contributed by atoms with van der Waals surface area (Å²) in [5.41, 5.74) is 1.00. The van der Waals surface area contributed by atoms with Gasteiger partial charge in [-0.1, -0.05) is 6.92 Å². The highest BCUT2D eigenvalue weighted by molar-refractivity contribution is 5.98. The maximum atomic E-state index is 12.4. The molecule has 0 aromatic heterocycles. The second-order valence-electron chi connectivity index (χ2n) is 5.17. The average molecular weight is 304 g/mol. The van der Waals surface area contributed by atoms with E-state index >= 15 is 0 Å². The van der Waals surface area contributed by atoms with Crippen LogP contribution < -0.4 is 5.32 Å². The molecule has 0 bridgehead atoms. The lowest BCUT2D eigenvalue weighted by Gasteiger charge is -2.25. The third kappa shape index (κ3) is 3.44. The van der Waals surface area contributed by atoms with E-state index in [-0.39, 0.29) is 11.8 Å². The van der Waals surface area contributed by atoms with Crippen molar-refractivity contribution in [3.8, 4) is 0 Å². The van der Waals surface area contributed by atoms with Crippen LogP contribution in [0.4, 0.5) is 5.69 Å². The maximum absolute atomic E-state index is 12.4. The van der Waals surface area contributed by atoms with E-state index in [4.69, 9.17) is 0 Å². The summed E-state index contributed by atoms with van der Waals surface area (Å²) in [4.78, 5) is 37.1. The zero-order chi connectivity index (χ0) is 16.1. The molecule has 1 aliphatic rings. The van der Waals surface area contributed by atoms with Crippen LogP contribution in [0.25, 0.3) is 0 Å². The Balaban J connectivity index is 2.03. The molecule has 0 saturated carbocycles. The maximum Gasteiger partial charge on any atom is 0.337 e. The van der Waals surface area contributed by atoms with Gasteiger partial charge in [-0.3, -0.25) is 9.59 Å². The number of likely N-dealkylation sites (tertiary alicyclic amines) is 1. The molecule has 22 heavy (non-hydrogen) atoms. The van der Waals surface area contributed by atoms with E-state index in [1.54, 1.807) is 29.2 Å². The Morgan fingerprint density at radius 1 is 1.32 bits per heavy atom. The molecule has 0 aliphatic carbocycles. The Labute approximate surface area is 129 Å². The second kappa shape index (κ2) is 7.06. The summed E-state index contributed by atoms with van der Waals surface area (Å²) in [6, 6.07) is 6.01. The molecule has 1 saturated heterocycles. The van der Waals surface area contributed by atoms with Gasteiger partial charge < -0.3 is 15.0 Å². The summed E-state index contributed by atoms with van der Waals surface area (Å²) in [6.45, 7) is 2.52. The molecule has 2 rings (SSSR count). The first-order valence-corrected chi connectivity index (χ1v) is 7.35. The lowest BCUT2D eigenvalue weighted by molar-refractivity contribution is -0.135. The van der Waals surface area contributed by atoms with Gasteiger partial charge in [0.05, 0.1) is 12.7 Å². The molecule has 6 nitrogen and oxygen atoms in total. The minimum Gasteiger partial charge on any atom is -0.465 e. The Bertz CT molecular complexity index is 568.